The number of ether oxygens (including phenoxy) is 1. The van der Waals surface area contributed by atoms with Gasteiger partial charge in [-0.3, -0.25) is 0 Å². The zero-order valence-corrected chi connectivity index (χ0v) is 20.1. The molecule has 0 amide bonds. The van der Waals surface area contributed by atoms with Crippen LogP contribution >= 0.6 is 11.3 Å². The smallest absolute Gasteiger partial charge is 0.416 e. The molecule has 0 aliphatic carbocycles. The molecule has 0 bridgehead atoms. The molecule has 1 unspecified atom stereocenters. The van der Waals surface area contributed by atoms with Crippen molar-refractivity contribution in [2.75, 3.05) is 32.2 Å². The van der Waals surface area contributed by atoms with Crippen molar-refractivity contribution in [3.8, 4) is 11.6 Å². The minimum Gasteiger partial charge on any atom is -0.497 e. The number of rotatable bonds is 8. The number of methoxy groups -OCH3 is 1. The molecule has 0 spiro atoms. The lowest BCUT2D eigenvalue weighted by molar-refractivity contribution is -0.138. The van der Waals surface area contributed by atoms with Crippen molar-refractivity contribution >= 4 is 28.3 Å². The molecule has 190 valence electrons. The van der Waals surface area contributed by atoms with Crippen LogP contribution in [0.2, 0.25) is 0 Å². The Balaban J connectivity index is 1.88. The number of hydrogen-bond acceptors (Lipinski definition) is 9. The lowest BCUT2D eigenvalue weighted by Crippen LogP contribution is -2.31. The molecule has 2 heterocycles. The van der Waals surface area contributed by atoms with Crippen molar-refractivity contribution in [3.63, 3.8) is 0 Å². The van der Waals surface area contributed by atoms with Gasteiger partial charge in [0.05, 0.1) is 41.8 Å². The molecule has 0 saturated heterocycles. The standard InChI is InChI=1S/C24H23F3N4O4S/c1-31(11-16(33)12-32)23-29-22(34)21(36-23)18(13-4-6-20-15(7-13)10-28-30-20)8-14-3-5-17(35-2)9-19(14)24(25,26)27/h3-7,9-10,16,32-34H,8,11-12H2,1-2H3. The predicted molar refractivity (Wildman–Crippen MR) is 129 cm³/mol. The second-order valence-electron chi connectivity index (χ2n) is 8.16. The van der Waals surface area contributed by atoms with E-state index < -0.39 is 24.5 Å². The number of benzene rings is 2. The number of alkyl halides is 3. The Labute approximate surface area is 208 Å². The first kappa shape index (κ1) is 25.6. The Hall–Kier alpha value is -3.48. The molecule has 3 N–H and O–H groups in total. The minimum absolute atomic E-state index is 0.00411. The van der Waals surface area contributed by atoms with Crippen LogP contribution in [0.3, 0.4) is 0 Å². The van der Waals surface area contributed by atoms with Gasteiger partial charge in [0.15, 0.2) is 5.13 Å². The molecule has 12 heteroatoms. The molecule has 0 radical (unpaired) electrons. The average molecular weight is 521 g/mol. The molecular formula is C24H23F3N4O4S. The molecule has 1 aromatic heterocycles. The van der Waals surface area contributed by atoms with Crippen LogP contribution in [-0.2, 0) is 12.6 Å². The highest BCUT2D eigenvalue weighted by Crippen LogP contribution is 2.39. The highest BCUT2D eigenvalue weighted by Gasteiger charge is 2.34. The van der Waals surface area contributed by atoms with E-state index in [1.807, 2.05) is 0 Å². The van der Waals surface area contributed by atoms with Gasteiger partial charge < -0.3 is 25.0 Å². The number of aromatic hydroxyl groups is 1. The SMILES string of the molecule is COc1ccc(CC(c2sc(N(C)CC(O)CO)nc2O)=c2ccc3c(c2)C=NN=3)c(C(F)(F)F)c1. The van der Waals surface area contributed by atoms with E-state index in [2.05, 4.69) is 15.2 Å². The molecule has 1 atom stereocenters. The number of hydrogen-bond donors (Lipinski definition) is 3. The lowest BCUT2D eigenvalue weighted by Gasteiger charge is -2.18. The van der Waals surface area contributed by atoms with E-state index in [0.717, 1.165) is 17.4 Å². The minimum atomic E-state index is -4.62. The summed E-state index contributed by atoms with van der Waals surface area (Å²) in [5, 5.41) is 39.0. The van der Waals surface area contributed by atoms with Crippen molar-refractivity contribution in [2.24, 2.45) is 10.2 Å². The number of aromatic nitrogens is 1. The van der Waals surface area contributed by atoms with Crippen LogP contribution in [0.5, 0.6) is 11.6 Å². The number of aliphatic hydroxyl groups is 2. The third-order valence-electron chi connectivity index (χ3n) is 5.62. The first-order valence-corrected chi connectivity index (χ1v) is 11.6. The Morgan fingerprint density at radius 2 is 1.97 bits per heavy atom. The quantitative estimate of drug-likeness (QED) is 0.420. The summed E-state index contributed by atoms with van der Waals surface area (Å²) in [6, 6.07) is 8.93. The van der Waals surface area contributed by atoms with E-state index >= 15 is 0 Å². The predicted octanol–water partition coefficient (Wildman–Crippen LogP) is 2.07. The van der Waals surface area contributed by atoms with Gasteiger partial charge in [-0.2, -0.15) is 28.4 Å². The van der Waals surface area contributed by atoms with Gasteiger partial charge in [-0.15, -0.1) is 0 Å². The van der Waals surface area contributed by atoms with E-state index in [1.165, 1.54) is 19.2 Å². The molecule has 8 nitrogen and oxygen atoms in total. The average Bonchev–Trinajstić information content (AvgIpc) is 3.47. The van der Waals surface area contributed by atoms with Crippen LogP contribution in [0, 0.1) is 0 Å². The van der Waals surface area contributed by atoms with Crippen LogP contribution in [0.25, 0.3) is 5.57 Å². The third-order valence-corrected chi connectivity index (χ3v) is 6.84. The number of halogens is 3. The van der Waals surface area contributed by atoms with E-state index in [9.17, 15) is 23.4 Å². The molecule has 1 aliphatic heterocycles. The van der Waals surface area contributed by atoms with Crippen molar-refractivity contribution in [2.45, 2.75) is 18.7 Å². The molecule has 3 aromatic rings. The molecule has 4 rings (SSSR count). The summed E-state index contributed by atoms with van der Waals surface area (Å²) < 4.78 is 46.8. The number of fused-ring (bicyclic) bond motifs is 1. The highest BCUT2D eigenvalue weighted by atomic mass is 32.1. The Kier molecular flexibility index (Phi) is 7.29. The molecule has 2 aromatic carbocycles. The zero-order valence-electron chi connectivity index (χ0n) is 19.3. The van der Waals surface area contributed by atoms with Gasteiger partial charge in [-0.1, -0.05) is 23.5 Å². The first-order chi connectivity index (χ1) is 17.1. The number of nitrogens with zero attached hydrogens (tertiary/aromatic N) is 4. The van der Waals surface area contributed by atoms with Crippen molar-refractivity contribution < 1.29 is 33.2 Å². The normalized spacial score (nSPS) is 14.3. The first-order valence-electron chi connectivity index (χ1n) is 10.8. The summed E-state index contributed by atoms with van der Waals surface area (Å²) in [5.74, 6) is -0.272. The molecule has 0 saturated carbocycles. The fourth-order valence-electron chi connectivity index (χ4n) is 3.81. The monoisotopic (exact) mass is 520 g/mol. The van der Waals surface area contributed by atoms with E-state index in [0.29, 0.717) is 26.8 Å². The van der Waals surface area contributed by atoms with Crippen molar-refractivity contribution in [1.82, 2.24) is 4.98 Å². The van der Waals surface area contributed by atoms with Crippen molar-refractivity contribution in [3.05, 3.63) is 68.5 Å². The fourth-order valence-corrected chi connectivity index (χ4v) is 4.80. The Morgan fingerprint density at radius 3 is 2.67 bits per heavy atom. The number of thiazole rings is 1. The largest absolute Gasteiger partial charge is 0.497 e. The summed E-state index contributed by atoms with van der Waals surface area (Å²) >= 11 is 1.07. The highest BCUT2D eigenvalue weighted by molar-refractivity contribution is 7.17. The van der Waals surface area contributed by atoms with Crippen molar-refractivity contribution in [1.29, 1.82) is 0 Å². The number of aliphatic hydroxyl groups excluding tert-OH is 2. The van der Waals surface area contributed by atoms with Gasteiger partial charge in [0.2, 0.25) is 5.88 Å². The Bertz CT molecular complexity index is 1420. The van der Waals surface area contributed by atoms with Gasteiger partial charge in [-0.25, -0.2) is 0 Å². The summed E-state index contributed by atoms with van der Waals surface area (Å²) in [4.78, 5) is 5.99. The van der Waals surface area contributed by atoms with Crippen LogP contribution < -0.4 is 20.2 Å². The maximum atomic E-state index is 13.9. The number of anilines is 1. The number of likely N-dealkylation sites (N-methyl/N-ethyl adjacent to an activating group) is 1. The summed E-state index contributed by atoms with van der Waals surface area (Å²) in [6.45, 7) is -0.406. The van der Waals surface area contributed by atoms with Crippen LogP contribution in [0.4, 0.5) is 18.3 Å². The Morgan fingerprint density at radius 1 is 1.19 bits per heavy atom. The third kappa shape index (κ3) is 5.35. The van der Waals surface area contributed by atoms with Gasteiger partial charge >= 0.3 is 6.18 Å². The fraction of sp³-hybridized carbons (Fsp3) is 0.292. The van der Waals surface area contributed by atoms with Crippen LogP contribution in [0.15, 0.2) is 46.6 Å². The summed E-state index contributed by atoms with van der Waals surface area (Å²) in [6.07, 6.45) is -4.27. The summed E-state index contributed by atoms with van der Waals surface area (Å²) in [5.41, 5.74) is 0.273. The van der Waals surface area contributed by atoms with E-state index in [1.54, 1.807) is 36.4 Å². The lowest BCUT2D eigenvalue weighted by atomic mass is 9.96. The second-order valence-corrected chi connectivity index (χ2v) is 9.14. The second kappa shape index (κ2) is 10.2. The van der Waals surface area contributed by atoms with Gasteiger partial charge in [0, 0.05) is 25.6 Å². The van der Waals surface area contributed by atoms with E-state index in [-0.39, 0.29) is 35.0 Å². The molecule has 1 aliphatic rings. The van der Waals surface area contributed by atoms with E-state index in [4.69, 9.17) is 9.84 Å². The molecular weight excluding hydrogens is 497 g/mol. The van der Waals surface area contributed by atoms with Gasteiger partial charge in [0.25, 0.3) is 0 Å². The van der Waals surface area contributed by atoms with Gasteiger partial charge in [-0.05, 0) is 40.6 Å². The molecule has 0 fully saturated rings. The topological polar surface area (TPSA) is 111 Å². The maximum Gasteiger partial charge on any atom is 0.416 e. The maximum absolute atomic E-state index is 13.9. The van der Waals surface area contributed by atoms with Gasteiger partial charge in [0.1, 0.15) is 5.75 Å². The zero-order chi connectivity index (χ0) is 26.0. The van der Waals surface area contributed by atoms with Crippen LogP contribution in [-0.4, -0.2) is 59.9 Å². The van der Waals surface area contributed by atoms with Crippen LogP contribution in [0.1, 0.15) is 21.6 Å². The molecule has 36 heavy (non-hydrogen) atoms. The summed E-state index contributed by atoms with van der Waals surface area (Å²) in [7, 11) is 2.92.